The minimum Gasteiger partial charge on any atom is -0.364 e. The first kappa shape index (κ1) is 12.8. The minimum atomic E-state index is 0.0708. The number of nitrogens with one attached hydrogen (secondary N) is 1. The van der Waals surface area contributed by atoms with Crippen LogP contribution >= 0.6 is 0 Å². The second-order valence-corrected chi connectivity index (χ2v) is 5.40. The highest BCUT2D eigenvalue weighted by Gasteiger charge is 2.20. The molecule has 0 amide bonds. The quantitative estimate of drug-likeness (QED) is 0.822. The molecule has 0 unspecified atom stereocenters. The molecule has 18 heavy (non-hydrogen) atoms. The van der Waals surface area contributed by atoms with Crippen LogP contribution in [-0.4, -0.2) is 21.3 Å². The molecule has 0 saturated carbocycles. The monoisotopic (exact) mass is 248 g/mol. The van der Waals surface area contributed by atoms with Crippen molar-refractivity contribution >= 4 is 0 Å². The largest absolute Gasteiger partial charge is 0.364 e. The van der Waals surface area contributed by atoms with Crippen LogP contribution in [0.25, 0.3) is 0 Å². The van der Waals surface area contributed by atoms with Crippen LogP contribution in [0.4, 0.5) is 0 Å². The highest BCUT2D eigenvalue weighted by Crippen LogP contribution is 2.24. The topological polar surface area (TPSA) is 55.9 Å². The lowest BCUT2D eigenvalue weighted by Gasteiger charge is -2.17. The average molecular weight is 248 g/mol. The fraction of sp³-hybridized carbons (Fsp3) is 0.538. The molecule has 0 fully saturated rings. The smallest absolute Gasteiger partial charge is 0.127 e. The van der Waals surface area contributed by atoms with Crippen molar-refractivity contribution in [2.45, 2.75) is 39.3 Å². The molecule has 2 heterocycles. The standard InChI is InChI=1S/C13H20N4O/c1-13(2,3)11-9-18-16-12(11)8-14-4-6-17-7-5-15-10-17/h5,7,9-10,14H,4,6,8H2,1-3H3. The summed E-state index contributed by atoms with van der Waals surface area (Å²) in [6, 6.07) is 0. The molecule has 1 N–H and O–H groups in total. The highest BCUT2D eigenvalue weighted by atomic mass is 16.5. The van der Waals surface area contributed by atoms with Gasteiger partial charge in [0.05, 0.1) is 6.33 Å². The Balaban J connectivity index is 1.82. The van der Waals surface area contributed by atoms with E-state index < -0.39 is 0 Å². The predicted octanol–water partition coefficient (Wildman–Crippen LogP) is 1.96. The van der Waals surface area contributed by atoms with E-state index in [1.165, 1.54) is 0 Å². The molecule has 5 nitrogen and oxygen atoms in total. The van der Waals surface area contributed by atoms with Gasteiger partial charge in [0.15, 0.2) is 0 Å². The lowest BCUT2D eigenvalue weighted by atomic mass is 9.87. The van der Waals surface area contributed by atoms with Gasteiger partial charge < -0.3 is 14.4 Å². The predicted molar refractivity (Wildman–Crippen MR) is 69.1 cm³/mol. The SMILES string of the molecule is CC(C)(C)c1conc1CNCCn1ccnc1. The van der Waals surface area contributed by atoms with Crippen LogP contribution in [0.15, 0.2) is 29.5 Å². The zero-order chi connectivity index (χ0) is 13.0. The zero-order valence-electron chi connectivity index (χ0n) is 11.2. The van der Waals surface area contributed by atoms with Gasteiger partial charge in [0.1, 0.15) is 12.0 Å². The second kappa shape index (κ2) is 5.35. The Bertz CT molecular complexity index is 467. The molecule has 98 valence electrons. The fourth-order valence-corrected chi connectivity index (χ4v) is 1.83. The summed E-state index contributed by atoms with van der Waals surface area (Å²) in [5.74, 6) is 0. The number of hydrogen-bond acceptors (Lipinski definition) is 4. The molecule has 0 aliphatic rings. The van der Waals surface area contributed by atoms with Crippen molar-refractivity contribution in [2.75, 3.05) is 6.54 Å². The third kappa shape index (κ3) is 3.20. The Labute approximate surface area is 107 Å². The average Bonchev–Trinajstić information content (AvgIpc) is 2.94. The second-order valence-electron chi connectivity index (χ2n) is 5.40. The molecule has 0 radical (unpaired) electrons. The highest BCUT2D eigenvalue weighted by molar-refractivity contribution is 5.23. The lowest BCUT2D eigenvalue weighted by Crippen LogP contribution is -2.22. The number of hydrogen-bond donors (Lipinski definition) is 1. The Hall–Kier alpha value is -1.62. The normalized spacial score (nSPS) is 11.9. The van der Waals surface area contributed by atoms with Gasteiger partial charge in [0, 0.05) is 37.6 Å². The zero-order valence-corrected chi connectivity index (χ0v) is 11.2. The minimum absolute atomic E-state index is 0.0708. The summed E-state index contributed by atoms with van der Waals surface area (Å²) >= 11 is 0. The number of imidazole rings is 1. The molecular formula is C13H20N4O. The first-order chi connectivity index (χ1) is 8.57. The summed E-state index contributed by atoms with van der Waals surface area (Å²) in [6.45, 7) is 9.00. The van der Waals surface area contributed by atoms with Crippen LogP contribution in [0.3, 0.4) is 0 Å². The van der Waals surface area contributed by atoms with Crippen LogP contribution in [0.1, 0.15) is 32.0 Å². The van der Waals surface area contributed by atoms with Crippen molar-refractivity contribution in [3.8, 4) is 0 Å². The van der Waals surface area contributed by atoms with Crippen molar-refractivity contribution in [1.29, 1.82) is 0 Å². The van der Waals surface area contributed by atoms with Gasteiger partial charge in [-0.2, -0.15) is 0 Å². The van der Waals surface area contributed by atoms with Gasteiger partial charge in [-0.15, -0.1) is 0 Å². The molecule has 5 heteroatoms. The molecule has 0 saturated heterocycles. The van der Waals surface area contributed by atoms with E-state index >= 15 is 0 Å². The molecule has 0 aromatic carbocycles. The van der Waals surface area contributed by atoms with E-state index in [4.69, 9.17) is 4.52 Å². The maximum absolute atomic E-state index is 5.07. The van der Waals surface area contributed by atoms with Gasteiger partial charge in [-0.25, -0.2) is 4.98 Å². The Kier molecular flexibility index (Phi) is 3.81. The Morgan fingerprint density at radius 1 is 1.39 bits per heavy atom. The Morgan fingerprint density at radius 2 is 2.22 bits per heavy atom. The molecular weight excluding hydrogens is 228 g/mol. The molecule has 0 atom stereocenters. The number of aromatic nitrogens is 3. The third-order valence-corrected chi connectivity index (χ3v) is 2.85. The van der Waals surface area contributed by atoms with Gasteiger partial charge in [-0.05, 0) is 5.41 Å². The molecule has 2 rings (SSSR count). The van der Waals surface area contributed by atoms with Crippen molar-refractivity contribution in [1.82, 2.24) is 20.0 Å². The van der Waals surface area contributed by atoms with Crippen molar-refractivity contribution in [3.05, 3.63) is 36.2 Å². The van der Waals surface area contributed by atoms with Gasteiger partial charge in [-0.3, -0.25) is 0 Å². The van der Waals surface area contributed by atoms with Crippen LogP contribution in [-0.2, 0) is 18.5 Å². The van der Waals surface area contributed by atoms with Crippen LogP contribution in [0, 0.1) is 0 Å². The van der Waals surface area contributed by atoms with Gasteiger partial charge in [-0.1, -0.05) is 25.9 Å². The summed E-state index contributed by atoms with van der Waals surface area (Å²) in [4.78, 5) is 4.01. The molecule has 2 aromatic heterocycles. The van der Waals surface area contributed by atoms with Crippen LogP contribution < -0.4 is 5.32 Å². The summed E-state index contributed by atoms with van der Waals surface area (Å²) < 4.78 is 7.11. The van der Waals surface area contributed by atoms with Crippen molar-refractivity contribution in [2.24, 2.45) is 0 Å². The first-order valence-electron chi connectivity index (χ1n) is 6.17. The molecule has 0 spiro atoms. The Morgan fingerprint density at radius 3 is 2.89 bits per heavy atom. The summed E-state index contributed by atoms with van der Waals surface area (Å²) in [6.07, 6.45) is 7.30. The van der Waals surface area contributed by atoms with E-state index in [0.717, 1.165) is 30.9 Å². The van der Waals surface area contributed by atoms with Crippen LogP contribution in [0.5, 0.6) is 0 Å². The maximum atomic E-state index is 5.07. The van der Waals surface area contributed by atoms with Gasteiger partial charge in [0.25, 0.3) is 0 Å². The number of rotatable bonds is 5. The fourth-order valence-electron chi connectivity index (χ4n) is 1.83. The van der Waals surface area contributed by atoms with Crippen molar-refractivity contribution < 1.29 is 4.52 Å². The van der Waals surface area contributed by atoms with E-state index in [-0.39, 0.29) is 5.41 Å². The van der Waals surface area contributed by atoms with E-state index in [1.54, 1.807) is 12.5 Å². The van der Waals surface area contributed by atoms with E-state index in [0.29, 0.717) is 0 Å². The van der Waals surface area contributed by atoms with Crippen LogP contribution in [0.2, 0.25) is 0 Å². The van der Waals surface area contributed by atoms with E-state index in [9.17, 15) is 0 Å². The summed E-state index contributed by atoms with van der Waals surface area (Å²) in [5.41, 5.74) is 2.23. The van der Waals surface area contributed by atoms with E-state index in [1.807, 2.05) is 17.1 Å². The molecule has 0 bridgehead atoms. The maximum Gasteiger partial charge on any atom is 0.127 e. The van der Waals surface area contributed by atoms with E-state index in [2.05, 4.69) is 36.2 Å². The first-order valence-corrected chi connectivity index (χ1v) is 6.17. The summed E-state index contributed by atoms with van der Waals surface area (Å²) in [5, 5.41) is 7.43. The number of nitrogens with zero attached hydrogens (tertiary/aromatic N) is 3. The summed E-state index contributed by atoms with van der Waals surface area (Å²) in [7, 11) is 0. The van der Waals surface area contributed by atoms with Gasteiger partial charge >= 0.3 is 0 Å². The lowest BCUT2D eigenvalue weighted by molar-refractivity contribution is 0.406. The molecule has 0 aliphatic carbocycles. The van der Waals surface area contributed by atoms with Crippen molar-refractivity contribution in [3.63, 3.8) is 0 Å². The molecule has 0 aliphatic heterocycles. The third-order valence-electron chi connectivity index (χ3n) is 2.85. The van der Waals surface area contributed by atoms with Gasteiger partial charge in [0.2, 0.25) is 0 Å². The molecule has 2 aromatic rings.